The van der Waals surface area contributed by atoms with E-state index in [1.807, 2.05) is 18.2 Å². The molecule has 2 saturated heterocycles. The fraction of sp³-hybridized carbons (Fsp3) is 0.594. The molecule has 1 amide bonds. The zero-order chi connectivity index (χ0) is 27.6. The molecule has 3 nitrogen and oxygen atoms in total. The third kappa shape index (κ3) is 8.62. The van der Waals surface area contributed by atoms with Crippen LogP contribution in [0, 0.1) is 0 Å². The van der Waals surface area contributed by atoms with Gasteiger partial charge in [-0.1, -0.05) is 0 Å². The number of halogens is 1. The van der Waals surface area contributed by atoms with Crippen LogP contribution in [0.15, 0.2) is 60.7 Å². The maximum absolute atomic E-state index is 12.7. The van der Waals surface area contributed by atoms with Gasteiger partial charge in [-0.3, -0.25) is 0 Å². The van der Waals surface area contributed by atoms with Crippen molar-refractivity contribution in [1.29, 1.82) is 0 Å². The van der Waals surface area contributed by atoms with Crippen LogP contribution in [0.3, 0.4) is 0 Å². The Hall–Kier alpha value is -0.754. The van der Waals surface area contributed by atoms with Crippen molar-refractivity contribution in [1.82, 2.24) is 9.80 Å². The van der Waals surface area contributed by atoms with Crippen molar-refractivity contribution >= 4 is 44.8 Å². The number of amides is 1. The van der Waals surface area contributed by atoms with Gasteiger partial charge in [-0.15, -0.1) is 12.4 Å². The van der Waals surface area contributed by atoms with Gasteiger partial charge in [0.25, 0.3) is 0 Å². The van der Waals surface area contributed by atoms with E-state index in [0.717, 1.165) is 24.3 Å². The van der Waals surface area contributed by atoms with Crippen LogP contribution in [-0.4, -0.2) is 59.9 Å². The van der Waals surface area contributed by atoms with Gasteiger partial charge in [-0.2, -0.15) is 0 Å². The van der Waals surface area contributed by atoms with E-state index < -0.39 is 26.5 Å². The first kappa shape index (κ1) is 33.5. The van der Waals surface area contributed by atoms with Crippen molar-refractivity contribution in [2.75, 3.05) is 6.54 Å². The number of rotatable bonds is 6. The summed E-state index contributed by atoms with van der Waals surface area (Å²) in [5, 5.41) is 0. The fourth-order valence-electron chi connectivity index (χ4n) is 5.89. The minimum absolute atomic E-state index is 0. The summed E-state index contributed by atoms with van der Waals surface area (Å²) in [5.74, 6) is 15.1. The van der Waals surface area contributed by atoms with Crippen LogP contribution in [0.25, 0.3) is 0 Å². The molecule has 38 heavy (non-hydrogen) atoms. The van der Waals surface area contributed by atoms with Crippen LogP contribution in [0.4, 0.5) is 0 Å². The van der Waals surface area contributed by atoms with Gasteiger partial charge in [0.1, 0.15) is 0 Å². The molecular formula is C32H53ClGe2N2O. The van der Waals surface area contributed by atoms with E-state index in [0.29, 0.717) is 16.2 Å². The molecule has 2 heterocycles. The average molecular weight is 662 g/mol. The molecule has 0 saturated carbocycles. The largest absolute Gasteiger partial charge is 0.147 e. The molecule has 2 aromatic carbocycles. The summed E-state index contributed by atoms with van der Waals surface area (Å²) in [7, 11) is 0. The molecule has 2 aromatic rings. The molecular weight excluding hydrogens is 609 g/mol. The Morgan fingerprint density at radius 1 is 0.711 bits per heavy atom. The minimum Gasteiger partial charge on any atom is -0.147 e. The number of benzene rings is 2. The average Bonchev–Trinajstić information content (AvgIpc) is 3.22. The summed E-state index contributed by atoms with van der Waals surface area (Å²) in [5.41, 5.74) is 3.05. The van der Waals surface area contributed by atoms with Crippen molar-refractivity contribution in [3.05, 3.63) is 71.8 Å². The maximum atomic E-state index is 12.7. The topological polar surface area (TPSA) is 23.6 Å². The number of nitrogens with zero attached hydrogens (tertiary/aromatic N) is 2. The van der Waals surface area contributed by atoms with Crippen LogP contribution in [0.5, 0.6) is 0 Å². The normalized spacial score (nSPS) is 23.0. The van der Waals surface area contributed by atoms with Gasteiger partial charge in [-0.25, -0.2) is 0 Å². The van der Waals surface area contributed by atoms with Gasteiger partial charge in [0, 0.05) is 0 Å². The predicted octanol–water partition coefficient (Wildman–Crippen LogP) is 8.71. The number of likely N-dealkylation sites (tertiary alicyclic amines) is 2. The molecule has 2 atom stereocenters. The molecule has 0 bridgehead atoms. The quantitative estimate of drug-likeness (QED) is 0.289. The number of carbonyl (C=O) groups excluding carboxylic acids is 1. The molecule has 212 valence electrons. The van der Waals surface area contributed by atoms with Crippen molar-refractivity contribution in [3.8, 4) is 0 Å². The first-order chi connectivity index (χ1) is 17.0. The van der Waals surface area contributed by atoms with E-state index in [2.05, 4.69) is 114 Å². The third-order valence-corrected chi connectivity index (χ3v) is 20.0. The molecule has 4 rings (SSSR count). The molecule has 0 spiro atoms. The van der Waals surface area contributed by atoms with Crippen molar-refractivity contribution in [3.63, 3.8) is 0 Å². The molecule has 0 aliphatic carbocycles. The Bertz CT molecular complexity index is 1030. The van der Waals surface area contributed by atoms with Crippen LogP contribution < -0.4 is 0 Å². The monoisotopic (exact) mass is 664 g/mol. The first-order valence-corrected chi connectivity index (χ1v) is 29.2. The Kier molecular flexibility index (Phi) is 11.3. The van der Waals surface area contributed by atoms with E-state index >= 15 is 0 Å². The van der Waals surface area contributed by atoms with E-state index in [-0.39, 0.29) is 17.9 Å². The van der Waals surface area contributed by atoms with Gasteiger partial charge in [0.2, 0.25) is 0 Å². The van der Waals surface area contributed by atoms with Gasteiger partial charge >= 0.3 is 234 Å². The van der Waals surface area contributed by atoms with Crippen molar-refractivity contribution < 1.29 is 4.79 Å². The van der Waals surface area contributed by atoms with E-state index in [1.54, 1.807) is 0 Å². The summed E-state index contributed by atoms with van der Waals surface area (Å²) in [4.78, 5) is 17.5. The molecule has 2 fully saturated rings. The number of hydrogen-bond donors (Lipinski definition) is 0. The van der Waals surface area contributed by atoms with E-state index in [9.17, 15) is 4.79 Å². The fourth-order valence-corrected chi connectivity index (χ4v) is 14.0. The summed E-state index contributed by atoms with van der Waals surface area (Å²) >= 11 is -3.46. The van der Waals surface area contributed by atoms with Crippen LogP contribution >= 0.6 is 12.4 Å². The third-order valence-electron chi connectivity index (χ3n) is 8.71. The minimum atomic E-state index is -1.94. The Labute approximate surface area is 245 Å². The van der Waals surface area contributed by atoms with Crippen molar-refractivity contribution in [2.24, 2.45) is 0 Å². The molecule has 2 aliphatic rings. The standard InChI is InChI=1S/C16H25GeNO.C16H27GeN.ClH/c1-16(2)11-14(17(3,4)5)15(19)18(16)12-13-9-7-6-8-10-13;1-16(2)11-15(17(3,4)5)13-18(16)12-14-9-7-6-8-10-14;/h6-10,14H,11-12H2,1-5H3;6-10,15H,11-13H2,1-5H3;1H. The first-order valence-electron chi connectivity index (χ1n) is 14.1. The van der Waals surface area contributed by atoms with Crippen LogP contribution in [-0.2, 0) is 17.9 Å². The number of hydrogen-bond acceptors (Lipinski definition) is 2. The van der Waals surface area contributed by atoms with Crippen LogP contribution in [0.1, 0.15) is 51.7 Å². The Morgan fingerprint density at radius 2 is 1.18 bits per heavy atom. The number of carbonyl (C=O) groups is 1. The molecule has 6 heteroatoms. The van der Waals surface area contributed by atoms with E-state index in [1.165, 1.54) is 24.1 Å². The summed E-state index contributed by atoms with van der Waals surface area (Å²) < 4.78 is 1.31. The van der Waals surface area contributed by atoms with Gasteiger partial charge in [0.05, 0.1) is 0 Å². The van der Waals surface area contributed by atoms with E-state index in [4.69, 9.17) is 0 Å². The van der Waals surface area contributed by atoms with Gasteiger partial charge in [-0.05, 0) is 0 Å². The molecule has 2 unspecified atom stereocenters. The van der Waals surface area contributed by atoms with Crippen LogP contribution in [0.2, 0.25) is 44.0 Å². The molecule has 0 aromatic heterocycles. The second-order valence-corrected chi connectivity index (χ2v) is 37.8. The SMILES string of the molecule is CC1(C)C[CH]([Ge]([CH3])([CH3])[CH3])C(=O)N1Cc1ccccc1.CC1(C)C[CH]([Ge]([CH3])([CH3])[CH3])CN1Cc1ccccc1.Cl. The van der Waals surface area contributed by atoms with Gasteiger partial charge in [0.15, 0.2) is 0 Å². The van der Waals surface area contributed by atoms with Gasteiger partial charge < -0.3 is 0 Å². The zero-order valence-corrected chi connectivity index (χ0v) is 30.7. The maximum Gasteiger partial charge on any atom is -0.147 e. The zero-order valence-electron chi connectivity index (χ0n) is 25.7. The smallest absolute Gasteiger partial charge is 0.147 e. The Morgan fingerprint density at radius 3 is 1.58 bits per heavy atom. The molecule has 2 aliphatic heterocycles. The Balaban J connectivity index is 0.000000260. The molecule has 0 radical (unpaired) electrons. The second kappa shape index (κ2) is 12.8. The van der Waals surface area contributed by atoms with Crippen molar-refractivity contribution in [2.45, 2.75) is 109 Å². The predicted molar refractivity (Wildman–Crippen MR) is 173 cm³/mol. The molecule has 0 N–H and O–H groups in total. The summed E-state index contributed by atoms with van der Waals surface area (Å²) in [6.45, 7) is 12.4. The summed E-state index contributed by atoms with van der Waals surface area (Å²) in [6.07, 6.45) is 2.42. The summed E-state index contributed by atoms with van der Waals surface area (Å²) in [6, 6.07) is 21.2. The second-order valence-electron chi connectivity index (χ2n) is 14.8.